The molecular weight excluding hydrogens is 366 g/mol. The van der Waals surface area contributed by atoms with Crippen LogP contribution >= 0.6 is 11.6 Å². The zero-order valence-corrected chi connectivity index (χ0v) is 17.2. The minimum atomic E-state index is -0.968. The van der Waals surface area contributed by atoms with Gasteiger partial charge in [-0.25, -0.2) is 0 Å². The third kappa shape index (κ3) is 2.30. The van der Waals surface area contributed by atoms with Gasteiger partial charge in [0.05, 0.1) is 5.41 Å². The van der Waals surface area contributed by atoms with Crippen LogP contribution in [-0.4, -0.2) is 10.8 Å². The Morgan fingerprint density at radius 3 is 2.18 bits per heavy atom. The second-order valence-corrected chi connectivity index (χ2v) is 9.34. The number of hydrogen-bond donors (Lipinski definition) is 0. The molecule has 2 aliphatic heterocycles. The molecule has 2 aromatic rings. The number of ether oxygens (including phenoxy) is 1. The van der Waals surface area contributed by atoms with Gasteiger partial charge in [-0.1, -0.05) is 85.1 Å². The molecule has 0 saturated heterocycles. The first-order valence-corrected chi connectivity index (χ1v) is 10.7. The average molecular weight is 392 g/mol. The van der Waals surface area contributed by atoms with Crippen LogP contribution in [0.3, 0.4) is 0 Å². The lowest BCUT2D eigenvalue weighted by molar-refractivity contribution is 0.0315. The fourth-order valence-corrected chi connectivity index (χ4v) is 5.70. The summed E-state index contributed by atoms with van der Waals surface area (Å²) in [5, 5.41) is -0.968. The van der Waals surface area contributed by atoms with Crippen molar-refractivity contribution in [2.75, 3.05) is 0 Å². The highest BCUT2D eigenvalue weighted by Gasteiger charge is 2.71. The normalized spacial score (nSPS) is 31.2. The van der Waals surface area contributed by atoms with E-state index in [0.29, 0.717) is 5.92 Å². The second kappa shape index (κ2) is 6.22. The number of benzene rings is 2. The van der Waals surface area contributed by atoms with E-state index < -0.39 is 10.6 Å². The predicted octanol–water partition coefficient (Wildman–Crippen LogP) is 6.56. The van der Waals surface area contributed by atoms with Gasteiger partial charge in [-0.2, -0.15) is 0 Å². The molecule has 1 saturated carbocycles. The lowest BCUT2D eigenvalue weighted by Gasteiger charge is -2.41. The standard InChI is InChI=1S/C25H26ClNO/c1-23(2)22(19-13-9-10-14-19)27-24(20-15-7-4-8-16-20)17-21(28-25(23,24)26)18-11-5-3-6-12-18/h3-8,11-12,15-17,19H,9-10,13-14H2,1-2H3/t24-,25+/m1/s1. The molecule has 0 unspecified atom stereocenters. The largest absolute Gasteiger partial charge is 0.467 e. The average Bonchev–Trinajstić information content (AvgIpc) is 3.38. The topological polar surface area (TPSA) is 21.6 Å². The maximum absolute atomic E-state index is 7.48. The van der Waals surface area contributed by atoms with Gasteiger partial charge in [0.1, 0.15) is 5.76 Å². The van der Waals surface area contributed by atoms with E-state index in [9.17, 15) is 0 Å². The van der Waals surface area contributed by atoms with E-state index in [4.69, 9.17) is 21.3 Å². The molecule has 0 spiro atoms. The van der Waals surface area contributed by atoms with Crippen molar-refractivity contribution >= 4 is 23.1 Å². The highest BCUT2D eigenvalue weighted by molar-refractivity contribution is 6.29. The summed E-state index contributed by atoms with van der Waals surface area (Å²) in [7, 11) is 0. The maximum atomic E-state index is 7.48. The summed E-state index contributed by atoms with van der Waals surface area (Å²) in [5.41, 5.74) is 2.29. The summed E-state index contributed by atoms with van der Waals surface area (Å²) in [4.78, 5) is 5.42. The molecule has 2 nitrogen and oxygen atoms in total. The molecule has 2 atom stereocenters. The number of alkyl halides is 1. The van der Waals surface area contributed by atoms with Gasteiger partial charge in [-0.05, 0) is 44.2 Å². The zero-order valence-electron chi connectivity index (χ0n) is 16.5. The summed E-state index contributed by atoms with van der Waals surface area (Å²) < 4.78 is 6.63. The van der Waals surface area contributed by atoms with Gasteiger partial charge in [-0.3, -0.25) is 4.99 Å². The fraction of sp³-hybridized carbons (Fsp3) is 0.400. The summed E-state index contributed by atoms with van der Waals surface area (Å²) in [5.74, 6) is 1.33. The molecule has 2 heterocycles. The van der Waals surface area contributed by atoms with Crippen LogP contribution in [0, 0.1) is 11.3 Å². The molecule has 0 bridgehead atoms. The Kier molecular flexibility index (Phi) is 4.00. The van der Waals surface area contributed by atoms with Crippen LogP contribution < -0.4 is 0 Å². The van der Waals surface area contributed by atoms with Crippen LogP contribution in [0.25, 0.3) is 5.76 Å². The SMILES string of the molecule is CC1(C)C(C2CCCC2)=N[C@@]2(c3ccccc3)C=C(c3ccccc3)O[C@@]12Cl. The van der Waals surface area contributed by atoms with E-state index in [0.717, 1.165) is 16.9 Å². The number of rotatable bonds is 3. The van der Waals surface area contributed by atoms with Crippen LogP contribution in [0.15, 0.2) is 71.7 Å². The smallest absolute Gasteiger partial charge is 0.225 e. The van der Waals surface area contributed by atoms with Gasteiger partial charge in [-0.15, -0.1) is 0 Å². The van der Waals surface area contributed by atoms with Crippen molar-refractivity contribution in [3.8, 4) is 0 Å². The molecule has 0 N–H and O–H groups in total. The van der Waals surface area contributed by atoms with Gasteiger partial charge >= 0.3 is 0 Å². The predicted molar refractivity (Wildman–Crippen MR) is 115 cm³/mol. The van der Waals surface area contributed by atoms with Crippen LogP contribution in [-0.2, 0) is 10.3 Å². The van der Waals surface area contributed by atoms with Gasteiger partial charge in [0.25, 0.3) is 0 Å². The number of hydrogen-bond acceptors (Lipinski definition) is 2. The Balaban J connectivity index is 1.73. The van der Waals surface area contributed by atoms with Crippen molar-refractivity contribution in [1.29, 1.82) is 0 Å². The first kappa shape index (κ1) is 18.0. The number of aliphatic imine (C=N–C) groups is 1. The minimum absolute atomic E-state index is 0.369. The highest BCUT2D eigenvalue weighted by atomic mass is 35.5. The first-order valence-electron chi connectivity index (χ1n) is 10.3. The molecule has 28 heavy (non-hydrogen) atoms. The molecule has 1 aliphatic carbocycles. The Morgan fingerprint density at radius 2 is 1.54 bits per heavy atom. The fourth-order valence-electron chi connectivity index (χ4n) is 5.32. The van der Waals surface area contributed by atoms with Gasteiger partial charge in [0, 0.05) is 11.3 Å². The Bertz CT molecular complexity index is 943. The zero-order chi connectivity index (χ0) is 19.4. The van der Waals surface area contributed by atoms with Crippen LogP contribution in [0.5, 0.6) is 0 Å². The molecule has 3 heteroatoms. The minimum Gasteiger partial charge on any atom is -0.467 e. The summed E-state index contributed by atoms with van der Waals surface area (Å²) in [6.45, 7) is 4.42. The summed E-state index contributed by atoms with van der Waals surface area (Å²) >= 11 is 7.48. The van der Waals surface area contributed by atoms with Crippen molar-refractivity contribution < 1.29 is 4.74 Å². The molecule has 0 aromatic heterocycles. The number of halogens is 1. The maximum Gasteiger partial charge on any atom is 0.225 e. The molecule has 0 amide bonds. The van der Waals surface area contributed by atoms with Crippen molar-refractivity contribution in [3.05, 3.63) is 77.9 Å². The molecule has 0 radical (unpaired) electrons. The first-order chi connectivity index (χ1) is 13.5. The second-order valence-electron chi connectivity index (χ2n) is 8.81. The lowest BCUT2D eigenvalue weighted by atomic mass is 9.71. The quantitative estimate of drug-likeness (QED) is 0.543. The monoisotopic (exact) mass is 391 g/mol. The van der Waals surface area contributed by atoms with Crippen LogP contribution in [0.2, 0.25) is 0 Å². The molecule has 2 aromatic carbocycles. The van der Waals surface area contributed by atoms with Gasteiger partial charge in [0.2, 0.25) is 5.06 Å². The van der Waals surface area contributed by atoms with E-state index in [2.05, 4.69) is 56.3 Å². The van der Waals surface area contributed by atoms with Gasteiger partial charge < -0.3 is 4.74 Å². The summed E-state index contributed by atoms with van der Waals surface area (Å²) in [6.07, 6.45) is 7.12. The molecule has 144 valence electrons. The summed E-state index contributed by atoms with van der Waals surface area (Å²) in [6, 6.07) is 20.6. The molecule has 3 aliphatic rings. The molecule has 5 rings (SSSR count). The lowest BCUT2D eigenvalue weighted by Crippen LogP contribution is -2.51. The van der Waals surface area contributed by atoms with Crippen molar-refractivity contribution in [2.24, 2.45) is 16.3 Å². The Morgan fingerprint density at radius 1 is 0.929 bits per heavy atom. The van der Waals surface area contributed by atoms with E-state index in [-0.39, 0.29) is 5.41 Å². The van der Waals surface area contributed by atoms with Crippen molar-refractivity contribution in [3.63, 3.8) is 0 Å². The third-order valence-corrected chi connectivity index (χ3v) is 7.67. The highest BCUT2D eigenvalue weighted by Crippen LogP contribution is 2.65. The molecule has 1 fully saturated rings. The van der Waals surface area contributed by atoms with E-state index in [1.807, 2.05) is 24.3 Å². The van der Waals surface area contributed by atoms with E-state index in [1.165, 1.54) is 31.4 Å². The number of fused-ring (bicyclic) bond motifs is 1. The van der Waals surface area contributed by atoms with Gasteiger partial charge in [0.15, 0.2) is 5.54 Å². The van der Waals surface area contributed by atoms with E-state index in [1.54, 1.807) is 0 Å². The third-order valence-electron chi connectivity index (χ3n) is 6.84. The molecular formula is C25H26ClNO. The van der Waals surface area contributed by atoms with E-state index >= 15 is 0 Å². The van der Waals surface area contributed by atoms with Crippen LogP contribution in [0.4, 0.5) is 0 Å². The number of nitrogens with zero attached hydrogens (tertiary/aromatic N) is 1. The van der Waals surface area contributed by atoms with Crippen molar-refractivity contribution in [2.45, 2.75) is 50.1 Å². The van der Waals surface area contributed by atoms with Crippen LogP contribution in [0.1, 0.15) is 50.7 Å². The Labute approximate surface area is 172 Å². The Hall–Kier alpha value is -2.06. The van der Waals surface area contributed by atoms with Crippen molar-refractivity contribution in [1.82, 2.24) is 0 Å².